The molecule has 1 aromatic carbocycles. The predicted octanol–water partition coefficient (Wildman–Crippen LogP) is 5.74. The molecule has 2 unspecified atom stereocenters. The number of fused-ring (bicyclic) bond motifs is 1. The summed E-state index contributed by atoms with van der Waals surface area (Å²) >= 11 is 7.61. The summed E-state index contributed by atoms with van der Waals surface area (Å²) in [6, 6.07) is 1.20. The van der Waals surface area contributed by atoms with E-state index in [0.717, 1.165) is 11.8 Å². The summed E-state index contributed by atoms with van der Waals surface area (Å²) in [6.07, 6.45) is 5.83. The van der Waals surface area contributed by atoms with Gasteiger partial charge in [0.15, 0.2) is 28.4 Å². The summed E-state index contributed by atoms with van der Waals surface area (Å²) < 4.78 is 40.0. The highest BCUT2D eigenvalue weighted by Gasteiger charge is 2.39. The van der Waals surface area contributed by atoms with E-state index in [1.54, 1.807) is 11.6 Å². The average Bonchev–Trinajstić information content (AvgIpc) is 3.69. The van der Waals surface area contributed by atoms with Crippen molar-refractivity contribution in [2.24, 2.45) is 16.8 Å². The van der Waals surface area contributed by atoms with Gasteiger partial charge in [0.25, 0.3) is 0 Å². The minimum atomic E-state index is -1.22. The number of carbonyl (C=O) groups excluding carboxylic acids is 1. The first-order chi connectivity index (χ1) is 20.2. The van der Waals surface area contributed by atoms with Gasteiger partial charge in [-0.25, -0.2) is 23.5 Å². The third-order valence-corrected chi connectivity index (χ3v) is 9.43. The molecule has 0 amide bonds. The van der Waals surface area contributed by atoms with Crippen molar-refractivity contribution in [2.75, 3.05) is 7.11 Å². The number of carbonyl (C=O) groups is 2. The van der Waals surface area contributed by atoms with Crippen LogP contribution < -0.4 is 5.32 Å². The van der Waals surface area contributed by atoms with E-state index in [0.29, 0.717) is 73.1 Å². The maximum absolute atomic E-state index is 14.6. The number of benzene rings is 1. The number of oxazole rings is 1. The van der Waals surface area contributed by atoms with Gasteiger partial charge in [-0.2, -0.15) is 0 Å². The zero-order valence-corrected chi connectivity index (χ0v) is 24.1. The Bertz CT molecular complexity index is 1600. The van der Waals surface area contributed by atoms with E-state index in [1.165, 1.54) is 24.5 Å². The molecule has 3 aromatic rings. The number of aromatic nitrogens is 2. The number of rotatable bonds is 6. The van der Waals surface area contributed by atoms with Crippen molar-refractivity contribution in [3.8, 4) is 0 Å². The van der Waals surface area contributed by atoms with Gasteiger partial charge in [-0.15, -0.1) is 11.3 Å². The zero-order chi connectivity index (χ0) is 29.5. The first-order valence-electron chi connectivity index (χ1n) is 13.7. The largest absolute Gasteiger partial charge is 0.481 e. The average molecular weight is 617 g/mol. The number of ether oxygens (including phenoxy) is 1. The number of allylic oxidation sites excluding steroid dienone is 1. The fourth-order valence-electron chi connectivity index (χ4n) is 6.05. The Morgan fingerprint density at radius 3 is 2.64 bits per heavy atom. The molecule has 1 aliphatic heterocycles. The number of hydrogen-bond acceptors (Lipinski definition) is 9. The van der Waals surface area contributed by atoms with Gasteiger partial charge in [0.05, 0.1) is 29.3 Å². The van der Waals surface area contributed by atoms with Gasteiger partial charge in [0, 0.05) is 41.1 Å². The standard InChI is InChI=1S/C29H27ClF2N4O5S/c1-40-29(39)20-23(15-6-9-18-19(12-15)41-26(34-18)13-2-4-14(5-3-13)28(37)38)35-25(27-33-10-11-42-27)36-24(20)16-7-8-17(31)22(32)21(16)30/h7-8,10-11,13-15,24H,2-6,9,12H2,1H3,(H,35,36)(H,37,38)/t13-,14-,15?,24?. The lowest BCUT2D eigenvalue weighted by Gasteiger charge is -2.32. The highest BCUT2D eigenvalue weighted by Crippen LogP contribution is 2.43. The Balaban J connectivity index is 1.36. The van der Waals surface area contributed by atoms with Gasteiger partial charge < -0.3 is 19.6 Å². The molecule has 3 heterocycles. The monoisotopic (exact) mass is 616 g/mol. The molecule has 0 spiro atoms. The summed E-state index contributed by atoms with van der Waals surface area (Å²) in [6.45, 7) is 0. The number of nitrogens with one attached hydrogen (secondary N) is 1. The molecule has 2 aromatic heterocycles. The number of aliphatic carboxylic acids is 1. The molecule has 9 nitrogen and oxygen atoms in total. The van der Waals surface area contributed by atoms with E-state index in [4.69, 9.17) is 30.7 Å². The zero-order valence-electron chi connectivity index (χ0n) is 22.5. The van der Waals surface area contributed by atoms with Crippen LogP contribution in [0.3, 0.4) is 0 Å². The van der Waals surface area contributed by atoms with Gasteiger partial charge in [-0.05, 0) is 44.6 Å². The van der Waals surface area contributed by atoms with Crippen LogP contribution in [0.1, 0.15) is 72.0 Å². The number of carboxylic acid groups (broad SMARTS) is 1. The van der Waals surface area contributed by atoms with Crippen LogP contribution in [0.15, 0.2) is 44.4 Å². The summed E-state index contributed by atoms with van der Waals surface area (Å²) in [5, 5.41) is 14.5. The molecule has 0 radical (unpaired) electrons. The molecule has 3 aliphatic rings. The molecule has 1 saturated carbocycles. The van der Waals surface area contributed by atoms with Gasteiger partial charge in [0.2, 0.25) is 0 Å². The molecular weight excluding hydrogens is 590 g/mol. The number of hydrogen-bond donors (Lipinski definition) is 2. The van der Waals surface area contributed by atoms with Crippen molar-refractivity contribution in [2.45, 2.75) is 56.9 Å². The molecule has 220 valence electrons. The Morgan fingerprint density at radius 2 is 1.95 bits per heavy atom. The van der Waals surface area contributed by atoms with Crippen molar-refractivity contribution in [3.05, 3.63) is 79.6 Å². The summed E-state index contributed by atoms with van der Waals surface area (Å²) in [5.41, 5.74) is 1.65. The second-order valence-electron chi connectivity index (χ2n) is 10.7. The van der Waals surface area contributed by atoms with E-state index < -0.39 is 34.6 Å². The normalized spacial score (nSPS) is 24.0. The number of nitrogens with zero attached hydrogens (tertiary/aromatic N) is 3. The predicted molar refractivity (Wildman–Crippen MR) is 149 cm³/mol. The van der Waals surface area contributed by atoms with Gasteiger partial charge in [-0.1, -0.05) is 17.7 Å². The number of amidine groups is 1. The molecule has 2 N–H and O–H groups in total. The number of esters is 1. The number of carboxylic acids is 1. The van der Waals surface area contributed by atoms with Crippen molar-refractivity contribution in [1.29, 1.82) is 0 Å². The second kappa shape index (κ2) is 11.6. The van der Waals surface area contributed by atoms with Crippen molar-refractivity contribution in [1.82, 2.24) is 15.3 Å². The van der Waals surface area contributed by atoms with Crippen LogP contribution in [0.4, 0.5) is 8.78 Å². The van der Waals surface area contributed by atoms with Crippen LogP contribution in [0.2, 0.25) is 5.02 Å². The molecular formula is C29H27ClF2N4O5S. The van der Waals surface area contributed by atoms with E-state index in [9.17, 15) is 23.5 Å². The second-order valence-corrected chi connectivity index (χ2v) is 11.9. The van der Waals surface area contributed by atoms with Crippen molar-refractivity contribution < 1.29 is 32.6 Å². The molecule has 1 fully saturated rings. The Morgan fingerprint density at radius 1 is 1.17 bits per heavy atom. The molecule has 42 heavy (non-hydrogen) atoms. The highest BCUT2D eigenvalue weighted by atomic mass is 35.5. The fraction of sp³-hybridized carbons (Fsp3) is 0.414. The van der Waals surface area contributed by atoms with Crippen LogP contribution in [0.5, 0.6) is 0 Å². The molecule has 0 saturated heterocycles. The van der Waals surface area contributed by atoms with E-state index >= 15 is 0 Å². The Labute approximate surface area is 248 Å². The number of thiazole rings is 1. The lowest BCUT2D eigenvalue weighted by molar-refractivity contribution is -0.143. The lowest BCUT2D eigenvalue weighted by Crippen LogP contribution is -2.38. The van der Waals surface area contributed by atoms with Crippen molar-refractivity contribution >= 4 is 40.7 Å². The van der Waals surface area contributed by atoms with Crippen LogP contribution >= 0.6 is 22.9 Å². The van der Waals surface area contributed by atoms with E-state index in [-0.39, 0.29) is 28.9 Å². The first kappa shape index (κ1) is 28.5. The molecule has 0 bridgehead atoms. The minimum Gasteiger partial charge on any atom is -0.481 e. The maximum atomic E-state index is 14.6. The molecule has 2 atom stereocenters. The third-order valence-electron chi connectivity index (χ3n) is 8.26. The molecule has 13 heteroatoms. The van der Waals surface area contributed by atoms with Crippen LogP contribution in [-0.2, 0) is 27.2 Å². The van der Waals surface area contributed by atoms with E-state index in [2.05, 4.69) is 10.3 Å². The van der Waals surface area contributed by atoms with Gasteiger partial charge >= 0.3 is 11.9 Å². The quantitative estimate of drug-likeness (QED) is 0.265. The SMILES string of the molecule is COC(=O)C1=C(C2CCc3nc([C@H]4CC[C@H](C(=O)O)CC4)oc3C2)NC(c2nccs2)=NC1c1ccc(F)c(F)c1Cl. The number of methoxy groups -OCH3 is 1. The number of aliphatic imine (C=N–C) groups is 1. The topological polar surface area (TPSA) is 127 Å². The van der Waals surface area contributed by atoms with Crippen molar-refractivity contribution in [3.63, 3.8) is 0 Å². The minimum absolute atomic E-state index is 0.0610. The smallest absolute Gasteiger partial charge is 0.338 e. The Kier molecular flexibility index (Phi) is 7.84. The lowest BCUT2D eigenvalue weighted by atomic mass is 9.82. The summed E-state index contributed by atoms with van der Waals surface area (Å²) in [4.78, 5) is 38.5. The van der Waals surface area contributed by atoms with Crippen LogP contribution in [0.25, 0.3) is 0 Å². The van der Waals surface area contributed by atoms with E-state index in [1.807, 2.05) is 0 Å². The number of halogens is 3. The summed E-state index contributed by atoms with van der Waals surface area (Å²) in [5.74, 6) is -2.58. The number of aryl methyl sites for hydroxylation is 1. The molecule has 6 rings (SSSR count). The Hall–Kier alpha value is -3.64. The fourth-order valence-corrected chi connectivity index (χ4v) is 6.90. The first-order valence-corrected chi connectivity index (χ1v) is 14.9. The summed E-state index contributed by atoms with van der Waals surface area (Å²) in [7, 11) is 1.25. The van der Waals surface area contributed by atoms with Gasteiger partial charge in [-0.3, -0.25) is 9.79 Å². The van der Waals surface area contributed by atoms with Gasteiger partial charge in [0.1, 0.15) is 11.8 Å². The highest BCUT2D eigenvalue weighted by molar-refractivity contribution is 7.11. The van der Waals surface area contributed by atoms with Crippen LogP contribution in [0, 0.1) is 23.5 Å². The molecule has 2 aliphatic carbocycles. The maximum Gasteiger partial charge on any atom is 0.338 e. The van der Waals surface area contributed by atoms with Crippen LogP contribution in [-0.4, -0.2) is 40.0 Å². The third kappa shape index (κ3) is 5.22.